The maximum Gasteiger partial charge on any atom is 0.405 e. The van der Waals surface area contributed by atoms with E-state index >= 15 is 0 Å². The molecule has 26 heavy (non-hydrogen) atoms. The second-order valence-corrected chi connectivity index (χ2v) is 6.90. The number of nitrogens with zero attached hydrogens (tertiary/aromatic N) is 2. The van der Waals surface area contributed by atoms with Crippen LogP contribution in [0.1, 0.15) is 24.2 Å². The Hall–Kier alpha value is -1.21. The Bertz CT molecular complexity index is 606. The molecule has 1 atom stereocenters. The van der Waals surface area contributed by atoms with Crippen LogP contribution in [0.3, 0.4) is 0 Å². The smallest absolute Gasteiger partial charge is 0.405 e. The van der Waals surface area contributed by atoms with E-state index in [0.29, 0.717) is 17.2 Å². The van der Waals surface area contributed by atoms with E-state index < -0.39 is 11.0 Å². The van der Waals surface area contributed by atoms with E-state index in [1.165, 1.54) is 6.92 Å². The standard InChI is InChI=1S/C14H19ClN2O2.C3H4Cl2O2/c1-3-19-14(18)12-10-11(4-5-13(12)15)17-8-6-16(2)7-9-17;1-2(4)7-3(5)6/h4-5,10H,3,6-9H2,1-2H3;2H,1H3. The Morgan fingerprint density at radius 1 is 1.23 bits per heavy atom. The van der Waals surface area contributed by atoms with E-state index in [1.54, 1.807) is 13.0 Å². The van der Waals surface area contributed by atoms with Gasteiger partial charge in [-0.1, -0.05) is 23.2 Å². The molecule has 1 unspecified atom stereocenters. The molecule has 0 spiro atoms. The van der Waals surface area contributed by atoms with Gasteiger partial charge in [0.2, 0.25) is 0 Å². The lowest BCUT2D eigenvalue weighted by Gasteiger charge is -2.34. The summed E-state index contributed by atoms with van der Waals surface area (Å²) in [7, 11) is 2.11. The van der Waals surface area contributed by atoms with Gasteiger partial charge in [0.05, 0.1) is 17.2 Å². The zero-order valence-electron chi connectivity index (χ0n) is 15.0. The molecular weight excluding hydrogens is 403 g/mol. The van der Waals surface area contributed by atoms with Gasteiger partial charge in [-0.25, -0.2) is 9.59 Å². The summed E-state index contributed by atoms with van der Waals surface area (Å²) in [4.78, 5) is 26.1. The van der Waals surface area contributed by atoms with Crippen LogP contribution in [0.5, 0.6) is 0 Å². The van der Waals surface area contributed by atoms with Crippen molar-refractivity contribution >= 4 is 51.9 Å². The van der Waals surface area contributed by atoms with E-state index in [9.17, 15) is 9.59 Å². The fraction of sp³-hybridized carbons (Fsp3) is 0.529. The molecule has 2 rings (SSSR count). The molecule has 0 bridgehead atoms. The van der Waals surface area contributed by atoms with E-state index in [-0.39, 0.29) is 5.97 Å². The molecule has 0 radical (unpaired) electrons. The number of hydrogen-bond acceptors (Lipinski definition) is 6. The van der Waals surface area contributed by atoms with Crippen molar-refractivity contribution in [2.24, 2.45) is 0 Å². The van der Waals surface area contributed by atoms with Crippen LogP contribution in [0.2, 0.25) is 5.02 Å². The maximum atomic E-state index is 11.8. The van der Waals surface area contributed by atoms with Gasteiger partial charge in [0.1, 0.15) is 0 Å². The van der Waals surface area contributed by atoms with Gasteiger partial charge >= 0.3 is 11.4 Å². The van der Waals surface area contributed by atoms with Crippen LogP contribution in [-0.4, -0.2) is 61.7 Å². The molecule has 6 nitrogen and oxygen atoms in total. The molecule has 1 aliphatic heterocycles. The molecule has 1 heterocycles. The van der Waals surface area contributed by atoms with Crippen molar-refractivity contribution in [2.45, 2.75) is 19.4 Å². The van der Waals surface area contributed by atoms with E-state index in [2.05, 4.69) is 21.6 Å². The SMILES string of the molecule is CC(Cl)OC(=O)Cl.CCOC(=O)c1cc(N2CCN(C)CC2)ccc1Cl. The third-order valence-electron chi connectivity index (χ3n) is 3.57. The fourth-order valence-electron chi connectivity index (χ4n) is 2.27. The minimum atomic E-state index is -0.873. The molecule has 0 amide bonds. The summed E-state index contributed by atoms with van der Waals surface area (Å²) in [5, 5.41) is 0.441. The first-order chi connectivity index (χ1) is 12.2. The lowest BCUT2D eigenvalue weighted by Crippen LogP contribution is -2.44. The number of hydrogen-bond donors (Lipinski definition) is 0. The van der Waals surface area contributed by atoms with Crippen LogP contribution in [0.15, 0.2) is 18.2 Å². The summed E-state index contributed by atoms with van der Waals surface area (Å²) in [6, 6.07) is 5.55. The van der Waals surface area contributed by atoms with Crippen molar-refractivity contribution in [1.82, 2.24) is 4.90 Å². The lowest BCUT2D eigenvalue weighted by molar-refractivity contribution is 0.0526. The van der Waals surface area contributed by atoms with E-state index in [1.807, 2.05) is 12.1 Å². The third kappa shape index (κ3) is 7.99. The van der Waals surface area contributed by atoms with Crippen LogP contribution >= 0.6 is 34.8 Å². The maximum absolute atomic E-state index is 11.8. The fourth-order valence-corrected chi connectivity index (χ4v) is 2.72. The molecular formula is C17H23Cl3N2O4. The molecule has 1 aromatic carbocycles. The second kappa shape index (κ2) is 11.5. The lowest BCUT2D eigenvalue weighted by atomic mass is 10.1. The largest absolute Gasteiger partial charge is 0.462 e. The van der Waals surface area contributed by atoms with Crippen LogP contribution < -0.4 is 4.90 Å². The zero-order chi connectivity index (χ0) is 19.7. The number of alkyl halides is 1. The number of halogens is 3. The highest BCUT2D eigenvalue weighted by atomic mass is 35.5. The van der Waals surface area contributed by atoms with Gasteiger partial charge in [-0.2, -0.15) is 0 Å². The van der Waals surface area contributed by atoms with Crippen molar-refractivity contribution in [3.8, 4) is 0 Å². The summed E-state index contributed by atoms with van der Waals surface area (Å²) < 4.78 is 9.16. The molecule has 0 saturated carbocycles. The van der Waals surface area contributed by atoms with Gasteiger partial charge in [0.15, 0.2) is 5.56 Å². The molecule has 0 aliphatic carbocycles. The monoisotopic (exact) mass is 424 g/mol. The molecule has 9 heteroatoms. The summed E-state index contributed by atoms with van der Waals surface area (Å²) in [6.45, 7) is 7.61. The van der Waals surface area contributed by atoms with Crippen molar-refractivity contribution < 1.29 is 19.1 Å². The number of anilines is 1. The number of rotatable bonds is 4. The normalized spacial score (nSPS) is 15.5. The highest BCUT2D eigenvalue weighted by Crippen LogP contribution is 2.24. The van der Waals surface area contributed by atoms with Crippen LogP contribution in [0.4, 0.5) is 10.5 Å². The second-order valence-electron chi connectivity index (χ2n) is 5.57. The first-order valence-corrected chi connectivity index (χ1v) is 9.34. The number of ether oxygens (including phenoxy) is 2. The summed E-state index contributed by atoms with van der Waals surface area (Å²) in [5.41, 5.74) is -0.0343. The number of carbonyl (C=O) groups is 2. The first-order valence-electron chi connectivity index (χ1n) is 8.15. The number of piperazine rings is 1. The Kier molecular flexibility index (Phi) is 10.1. The molecule has 1 aromatic rings. The Morgan fingerprint density at radius 3 is 2.31 bits per heavy atom. The number of benzene rings is 1. The van der Waals surface area contributed by atoms with Gasteiger partial charge in [0.25, 0.3) is 0 Å². The molecule has 1 fully saturated rings. The predicted molar refractivity (Wildman–Crippen MR) is 105 cm³/mol. The van der Waals surface area contributed by atoms with Gasteiger partial charge < -0.3 is 19.3 Å². The van der Waals surface area contributed by atoms with Gasteiger partial charge in [-0.15, -0.1) is 0 Å². The summed E-state index contributed by atoms with van der Waals surface area (Å²) in [6.07, 6.45) is 0. The minimum Gasteiger partial charge on any atom is -0.462 e. The summed E-state index contributed by atoms with van der Waals surface area (Å²) >= 11 is 15.9. The van der Waals surface area contributed by atoms with E-state index in [4.69, 9.17) is 39.5 Å². The van der Waals surface area contributed by atoms with Crippen molar-refractivity contribution in [2.75, 3.05) is 44.7 Å². The van der Waals surface area contributed by atoms with Gasteiger partial charge in [-0.05, 0) is 39.1 Å². The van der Waals surface area contributed by atoms with Gasteiger partial charge in [0, 0.05) is 43.5 Å². The van der Waals surface area contributed by atoms with Crippen LogP contribution in [0.25, 0.3) is 0 Å². The Balaban J connectivity index is 0.000000412. The topological polar surface area (TPSA) is 59.1 Å². The van der Waals surface area contributed by atoms with E-state index in [0.717, 1.165) is 31.9 Å². The Morgan fingerprint density at radius 2 is 1.85 bits per heavy atom. The van der Waals surface area contributed by atoms with Crippen molar-refractivity contribution in [3.05, 3.63) is 28.8 Å². The van der Waals surface area contributed by atoms with Crippen molar-refractivity contribution in [3.63, 3.8) is 0 Å². The quantitative estimate of drug-likeness (QED) is 0.409. The predicted octanol–water partition coefficient (Wildman–Crippen LogP) is 4.22. The molecule has 146 valence electrons. The molecule has 0 N–H and O–H groups in total. The number of esters is 1. The van der Waals surface area contributed by atoms with Crippen LogP contribution in [-0.2, 0) is 9.47 Å². The van der Waals surface area contributed by atoms with Crippen molar-refractivity contribution in [1.29, 1.82) is 0 Å². The highest BCUT2D eigenvalue weighted by molar-refractivity contribution is 6.61. The third-order valence-corrected chi connectivity index (χ3v) is 4.08. The average Bonchev–Trinajstić information content (AvgIpc) is 2.55. The van der Waals surface area contributed by atoms with Crippen LogP contribution in [0, 0.1) is 0 Å². The molecule has 0 aromatic heterocycles. The average molecular weight is 426 g/mol. The highest BCUT2D eigenvalue weighted by Gasteiger charge is 2.18. The minimum absolute atomic E-state index is 0.355. The van der Waals surface area contributed by atoms with Gasteiger partial charge in [-0.3, -0.25) is 0 Å². The zero-order valence-corrected chi connectivity index (χ0v) is 17.3. The number of carbonyl (C=O) groups excluding carboxylic acids is 2. The first kappa shape index (κ1) is 22.8. The summed E-state index contributed by atoms with van der Waals surface area (Å²) in [5.74, 6) is -0.358. The molecule has 1 aliphatic rings. The molecule has 1 saturated heterocycles. The number of likely N-dealkylation sites (N-methyl/N-ethyl adjacent to an activating group) is 1. The Labute approximate surface area is 168 Å².